The minimum atomic E-state index is 0.118. The lowest BCUT2D eigenvalue weighted by atomic mass is 9.96. The molecule has 0 aliphatic carbocycles. The van der Waals surface area contributed by atoms with Crippen molar-refractivity contribution in [3.8, 4) is 0 Å². The highest BCUT2D eigenvalue weighted by Gasteiger charge is 2.23. The molecule has 1 aromatic heterocycles. The predicted molar refractivity (Wildman–Crippen MR) is 98.6 cm³/mol. The summed E-state index contributed by atoms with van der Waals surface area (Å²) in [6.45, 7) is 3.05. The van der Waals surface area contributed by atoms with Crippen LogP contribution in [0.25, 0.3) is 0 Å². The van der Waals surface area contributed by atoms with E-state index in [0.717, 1.165) is 21.9 Å². The van der Waals surface area contributed by atoms with Gasteiger partial charge in [0, 0.05) is 37.8 Å². The van der Waals surface area contributed by atoms with Crippen LogP contribution in [0, 0.1) is 0 Å². The first-order chi connectivity index (χ1) is 10.0. The van der Waals surface area contributed by atoms with Gasteiger partial charge in [-0.15, -0.1) is 11.3 Å². The van der Waals surface area contributed by atoms with Crippen molar-refractivity contribution in [3.05, 3.63) is 55.1 Å². The molecule has 2 aromatic rings. The van der Waals surface area contributed by atoms with Crippen LogP contribution < -0.4 is 5.73 Å². The molecule has 0 bridgehead atoms. The number of likely N-dealkylation sites (N-methyl/N-ethyl adjacent to an activating group) is 1. The Hall–Kier alpha value is -0.200. The topological polar surface area (TPSA) is 29.3 Å². The second-order valence-electron chi connectivity index (χ2n) is 5.22. The maximum Gasteiger partial charge on any atom is 0.0500 e. The molecule has 2 N–H and O–H groups in total. The third kappa shape index (κ3) is 4.63. The summed E-state index contributed by atoms with van der Waals surface area (Å²) in [5, 5.41) is 2.12. The van der Waals surface area contributed by atoms with Gasteiger partial charge in [0.1, 0.15) is 0 Å². The first kappa shape index (κ1) is 17.2. The maximum absolute atomic E-state index is 6.40. The molecule has 2 unspecified atom stereocenters. The van der Waals surface area contributed by atoms with Crippen LogP contribution in [0.3, 0.4) is 0 Å². The summed E-state index contributed by atoms with van der Waals surface area (Å²) in [4.78, 5) is 3.68. The summed E-state index contributed by atoms with van der Waals surface area (Å²) in [5.74, 6) is 0. The second kappa shape index (κ2) is 7.88. The molecule has 0 spiro atoms. The van der Waals surface area contributed by atoms with E-state index in [1.54, 1.807) is 11.3 Å². The van der Waals surface area contributed by atoms with Gasteiger partial charge in [-0.2, -0.15) is 0 Å². The van der Waals surface area contributed by atoms with Crippen molar-refractivity contribution in [2.24, 2.45) is 5.73 Å². The Balaban J connectivity index is 2.23. The molecular formula is C16H20Br2N2S. The van der Waals surface area contributed by atoms with Crippen LogP contribution in [0.5, 0.6) is 0 Å². The van der Waals surface area contributed by atoms with E-state index in [2.05, 4.69) is 86.4 Å². The van der Waals surface area contributed by atoms with Gasteiger partial charge in [0.05, 0.1) is 0 Å². The lowest BCUT2D eigenvalue weighted by Crippen LogP contribution is -2.38. The Kier molecular flexibility index (Phi) is 6.44. The summed E-state index contributed by atoms with van der Waals surface area (Å²) >= 11 is 8.85. The van der Waals surface area contributed by atoms with E-state index in [1.807, 2.05) is 0 Å². The van der Waals surface area contributed by atoms with Gasteiger partial charge in [-0.25, -0.2) is 0 Å². The fraction of sp³-hybridized carbons (Fsp3) is 0.375. The maximum atomic E-state index is 6.40. The number of rotatable bonds is 6. The van der Waals surface area contributed by atoms with E-state index in [1.165, 1.54) is 10.4 Å². The van der Waals surface area contributed by atoms with Gasteiger partial charge >= 0.3 is 0 Å². The van der Waals surface area contributed by atoms with Crippen molar-refractivity contribution in [2.75, 3.05) is 7.05 Å². The summed E-state index contributed by atoms with van der Waals surface area (Å²) in [6.07, 6.45) is 0.954. The van der Waals surface area contributed by atoms with Crippen molar-refractivity contribution in [1.29, 1.82) is 0 Å². The first-order valence-corrected chi connectivity index (χ1v) is 9.42. The van der Waals surface area contributed by atoms with Crippen LogP contribution in [0.2, 0.25) is 0 Å². The first-order valence-electron chi connectivity index (χ1n) is 6.95. The molecule has 114 valence electrons. The van der Waals surface area contributed by atoms with Gasteiger partial charge in [-0.05, 0) is 53.2 Å². The van der Waals surface area contributed by atoms with Gasteiger partial charge in [0.15, 0.2) is 0 Å². The molecule has 2 rings (SSSR count). The summed E-state index contributed by atoms with van der Waals surface area (Å²) in [7, 11) is 2.15. The summed E-state index contributed by atoms with van der Waals surface area (Å²) < 4.78 is 2.25. The molecule has 1 aromatic carbocycles. The average molecular weight is 432 g/mol. The van der Waals surface area contributed by atoms with Crippen LogP contribution >= 0.6 is 43.2 Å². The molecule has 0 fully saturated rings. The fourth-order valence-corrected chi connectivity index (χ4v) is 4.45. The van der Waals surface area contributed by atoms with Gasteiger partial charge in [-0.3, -0.25) is 4.90 Å². The molecule has 0 saturated carbocycles. The zero-order valence-electron chi connectivity index (χ0n) is 12.2. The van der Waals surface area contributed by atoms with E-state index in [9.17, 15) is 0 Å². The Bertz CT molecular complexity index is 585. The van der Waals surface area contributed by atoms with Gasteiger partial charge in [-0.1, -0.05) is 35.0 Å². The molecule has 5 heteroatoms. The van der Waals surface area contributed by atoms with E-state index in [0.29, 0.717) is 0 Å². The van der Waals surface area contributed by atoms with Crippen LogP contribution in [0.4, 0.5) is 0 Å². The van der Waals surface area contributed by atoms with Crippen LogP contribution in [-0.2, 0) is 6.54 Å². The Morgan fingerprint density at radius 1 is 1.24 bits per heavy atom. The molecule has 0 saturated heterocycles. The normalized spacial score (nSPS) is 14.4. The molecule has 0 aliphatic rings. The summed E-state index contributed by atoms with van der Waals surface area (Å²) in [5.41, 5.74) is 7.66. The highest BCUT2D eigenvalue weighted by Crippen LogP contribution is 2.29. The fourth-order valence-electron chi connectivity index (χ4n) is 2.52. The average Bonchev–Trinajstić information content (AvgIpc) is 2.84. The third-order valence-electron chi connectivity index (χ3n) is 3.57. The number of nitrogens with zero attached hydrogens (tertiary/aromatic N) is 1. The SMILES string of the molecule is CCC(N)C(c1cccc(Br)c1)N(C)Cc1cc(Br)cs1. The van der Waals surface area contributed by atoms with Crippen LogP contribution in [-0.4, -0.2) is 18.0 Å². The second-order valence-corrected chi connectivity index (χ2v) is 8.05. The number of halogens is 2. The number of thiophene rings is 1. The molecule has 1 heterocycles. The highest BCUT2D eigenvalue weighted by atomic mass is 79.9. The molecule has 21 heavy (non-hydrogen) atoms. The van der Waals surface area contributed by atoms with Crippen LogP contribution in [0.15, 0.2) is 44.7 Å². The summed E-state index contributed by atoms with van der Waals surface area (Å²) in [6, 6.07) is 11.0. The molecular weight excluding hydrogens is 412 g/mol. The van der Waals surface area contributed by atoms with Crippen molar-refractivity contribution < 1.29 is 0 Å². The molecule has 0 aliphatic heterocycles. The molecule has 2 nitrogen and oxygen atoms in total. The molecule has 0 amide bonds. The smallest absolute Gasteiger partial charge is 0.0500 e. The zero-order valence-corrected chi connectivity index (χ0v) is 16.2. The van der Waals surface area contributed by atoms with Gasteiger partial charge in [0.2, 0.25) is 0 Å². The Morgan fingerprint density at radius 3 is 2.57 bits per heavy atom. The standard InChI is InChI=1S/C16H20Br2N2S/c1-3-15(19)16(11-5-4-6-12(17)7-11)20(2)9-14-8-13(18)10-21-14/h4-8,10,15-16H,3,9,19H2,1-2H3. The van der Waals surface area contributed by atoms with Crippen molar-refractivity contribution >= 4 is 43.2 Å². The van der Waals surface area contributed by atoms with Crippen molar-refractivity contribution in [2.45, 2.75) is 32.0 Å². The lowest BCUT2D eigenvalue weighted by molar-refractivity contribution is 0.203. The van der Waals surface area contributed by atoms with Crippen molar-refractivity contribution in [3.63, 3.8) is 0 Å². The number of benzene rings is 1. The lowest BCUT2D eigenvalue weighted by Gasteiger charge is -2.32. The Morgan fingerprint density at radius 2 is 2.00 bits per heavy atom. The van der Waals surface area contributed by atoms with Crippen LogP contribution in [0.1, 0.15) is 29.8 Å². The predicted octanol–water partition coefficient (Wildman–Crippen LogP) is 5.18. The number of hydrogen-bond acceptors (Lipinski definition) is 3. The third-order valence-corrected chi connectivity index (χ3v) is 5.74. The van der Waals surface area contributed by atoms with E-state index < -0.39 is 0 Å². The highest BCUT2D eigenvalue weighted by molar-refractivity contribution is 9.10. The van der Waals surface area contributed by atoms with E-state index >= 15 is 0 Å². The monoisotopic (exact) mass is 430 g/mol. The van der Waals surface area contributed by atoms with E-state index in [-0.39, 0.29) is 12.1 Å². The van der Waals surface area contributed by atoms with Gasteiger partial charge in [0.25, 0.3) is 0 Å². The Labute approximate surface area is 147 Å². The quantitative estimate of drug-likeness (QED) is 0.682. The molecule has 2 atom stereocenters. The van der Waals surface area contributed by atoms with E-state index in [4.69, 9.17) is 5.73 Å². The van der Waals surface area contributed by atoms with Gasteiger partial charge < -0.3 is 5.73 Å². The number of nitrogens with two attached hydrogens (primary N) is 1. The van der Waals surface area contributed by atoms with Crippen molar-refractivity contribution in [1.82, 2.24) is 4.90 Å². The minimum absolute atomic E-state index is 0.118. The molecule has 0 radical (unpaired) electrons. The minimum Gasteiger partial charge on any atom is -0.326 e. The largest absolute Gasteiger partial charge is 0.326 e. The number of hydrogen-bond donors (Lipinski definition) is 1. The zero-order chi connectivity index (χ0) is 15.4.